The van der Waals surface area contributed by atoms with E-state index in [0.29, 0.717) is 0 Å². The van der Waals surface area contributed by atoms with Gasteiger partial charge in [0.05, 0.1) is 4.92 Å². The topological polar surface area (TPSA) is 149 Å². The number of nitrogen functional groups attached to an aromatic ring is 1. The van der Waals surface area contributed by atoms with E-state index in [4.69, 9.17) is 10.3 Å². The summed E-state index contributed by atoms with van der Waals surface area (Å²) in [5, 5.41) is 20.4. The van der Waals surface area contributed by atoms with Crippen molar-refractivity contribution in [3.63, 3.8) is 0 Å². The zero-order valence-corrected chi connectivity index (χ0v) is 10.3. The van der Waals surface area contributed by atoms with Gasteiger partial charge in [0.15, 0.2) is 0 Å². The number of anilines is 2. The first-order valence-corrected chi connectivity index (χ1v) is 5.38. The first-order valence-electron chi connectivity index (χ1n) is 5.38. The molecule has 0 aliphatic rings. The van der Waals surface area contributed by atoms with E-state index < -0.39 is 16.5 Å². The molecule has 0 unspecified atom stereocenters. The molecule has 0 fully saturated rings. The Morgan fingerprint density at radius 2 is 2.20 bits per heavy atom. The molecule has 1 aromatic carbocycles. The number of nitrogens with two attached hydrogens (primary N) is 1. The Kier molecular flexibility index (Phi) is 3.57. The fourth-order valence-corrected chi connectivity index (χ4v) is 1.55. The van der Waals surface area contributed by atoms with Gasteiger partial charge in [0, 0.05) is 6.92 Å². The van der Waals surface area contributed by atoms with E-state index >= 15 is 0 Å². The number of para-hydroxylation sites is 1. The Bertz CT molecular complexity index is 668. The Hall–Kier alpha value is -3.01. The third-order valence-corrected chi connectivity index (χ3v) is 2.37. The van der Waals surface area contributed by atoms with Crippen LogP contribution in [0.1, 0.15) is 16.2 Å². The minimum atomic E-state index is -0.752. The summed E-state index contributed by atoms with van der Waals surface area (Å²) >= 11 is 0. The van der Waals surface area contributed by atoms with Crippen molar-refractivity contribution in [1.82, 2.24) is 10.2 Å². The SMILES string of the molecule is Cc1nnc(NC(=O)c2cccc(NN)c2[N+](=O)[O-])o1. The number of hydrogen-bond donors (Lipinski definition) is 3. The largest absolute Gasteiger partial charge is 0.408 e. The van der Waals surface area contributed by atoms with Crippen LogP contribution in [0.4, 0.5) is 17.4 Å². The van der Waals surface area contributed by atoms with Crippen LogP contribution in [0.5, 0.6) is 0 Å². The summed E-state index contributed by atoms with van der Waals surface area (Å²) < 4.78 is 4.97. The molecule has 0 spiro atoms. The highest BCUT2D eigenvalue weighted by Crippen LogP contribution is 2.28. The number of rotatable bonds is 4. The van der Waals surface area contributed by atoms with Crippen LogP contribution in [0.3, 0.4) is 0 Å². The van der Waals surface area contributed by atoms with E-state index in [0.717, 1.165) is 0 Å². The number of carbonyl (C=O) groups excluding carboxylic acids is 1. The summed E-state index contributed by atoms with van der Waals surface area (Å²) in [6, 6.07) is 3.98. The Labute approximate surface area is 112 Å². The lowest BCUT2D eigenvalue weighted by atomic mass is 10.1. The molecular weight excluding hydrogens is 268 g/mol. The molecule has 104 valence electrons. The fraction of sp³-hybridized carbons (Fsp3) is 0.100. The summed E-state index contributed by atoms with van der Waals surface area (Å²) in [6.45, 7) is 1.55. The standard InChI is InChI=1S/C10H10N6O4/c1-5-14-15-10(20-5)12-9(17)6-3-2-4-7(13-11)8(6)16(18)19/h2-4,13H,11H2,1H3,(H,12,15,17). The number of nitrogens with one attached hydrogen (secondary N) is 2. The molecule has 0 radical (unpaired) electrons. The molecule has 1 amide bonds. The van der Waals surface area contributed by atoms with Crippen molar-refractivity contribution in [2.45, 2.75) is 6.92 Å². The lowest BCUT2D eigenvalue weighted by molar-refractivity contribution is -0.384. The number of aromatic nitrogens is 2. The normalized spacial score (nSPS) is 10.1. The number of benzene rings is 1. The zero-order valence-electron chi connectivity index (χ0n) is 10.3. The van der Waals surface area contributed by atoms with Gasteiger partial charge in [0.2, 0.25) is 5.89 Å². The van der Waals surface area contributed by atoms with Crippen molar-refractivity contribution in [3.05, 3.63) is 39.8 Å². The van der Waals surface area contributed by atoms with Crippen molar-refractivity contribution in [3.8, 4) is 0 Å². The van der Waals surface area contributed by atoms with Crippen LogP contribution in [0.15, 0.2) is 22.6 Å². The number of nitro benzene ring substituents is 1. The average molecular weight is 278 g/mol. The second-order valence-electron chi connectivity index (χ2n) is 3.68. The maximum Gasteiger partial charge on any atom is 0.322 e. The molecule has 1 heterocycles. The van der Waals surface area contributed by atoms with Gasteiger partial charge in [-0.1, -0.05) is 11.2 Å². The molecule has 0 bridgehead atoms. The fourth-order valence-electron chi connectivity index (χ4n) is 1.55. The van der Waals surface area contributed by atoms with Crippen LogP contribution in [0, 0.1) is 17.0 Å². The zero-order chi connectivity index (χ0) is 14.7. The molecule has 4 N–H and O–H groups in total. The van der Waals surface area contributed by atoms with Crippen LogP contribution < -0.4 is 16.6 Å². The number of nitrogens with zero attached hydrogens (tertiary/aromatic N) is 3. The molecule has 2 rings (SSSR count). The smallest absolute Gasteiger partial charge is 0.322 e. The van der Waals surface area contributed by atoms with E-state index in [-0.39, 0.29) is 23.2 Å². The van der Waals surface area contributed by atoms with E-state index in [2.05, 4.69) is 20.9 Å². The lowest BCUT2D eigenvalue weighted by Gasteiger charge is -2.06. The van der Waals surface area contributed by atoms with Gasteiger partial charge < -0.3 is 9.84 Å². The van der Waals surface area contributed by atoms with Crippen LogP contribution in [0.2, 0.25) is 0 Å². The number of nitro groups is 1. The maximum atomic E-state index is 12.0. The van der Waals surface area contributed by atoms with Gasteiger partial charge in [-0.3, -0.25) is 26.1 Å². The average Bonchev–Trinajstić information content (AvgIpc) is 2.82. The van der Waals surface area contributed by atoms with Gasteiger partial charge in [-0.15, -0.1) is 5.10 Å². The minimum Gasteiger partial charge on any atom is -0.408 e. The monoisotopic (exact) mass is 278 g/mol. The van der Waals surface area contributed by atoms with Crippen molar-refractivity contribution in [2.24, 2.45) is 5.84 Å². The van der Waals surface area contributed by atoms with Gasteiger partial charge in [-0.05, 0) is 12.1 Å². The van der Waals surface area contributed by atoms with Gasteiger partial charge in [-0.2, -0.15) is 0 Å². The number of hydrazine groups is 1. The molecule has 20 heavy (non-hydrogen) atoms. The quantitative estimate of drug-likeness (QED) is 0.422. The first-order chi connectivity index (χ1) is 9.52. The van der Waals surface area contributed by atoms with Gasteiger partial charge in [0.25, 0.3) is 5.91 Å². The van der Waals surface area contributed by atoms with Crippen molar-refractivity contribution in [2.75, 3.05) is 10.7 Å². The maximum absolute atomic E-state index is 12.0. The summed E-state index contributed by atoms with van der Waals surface area (Å²) in [7, 11) is 0. The predicted molar refractivity (Wildman–Crippen MR) is 67.9 cm³/mol. The van der Waals surface area contributed by atoms with E-state index in [1.807, 2.05) is 0 Å². The predicted octanol–water partition coefficient (Wildman–Crippen LogP) is 0.824. The number of hydrogen-bond acceptors (Lipinski definition) is 8. The summed E-state index contributed by atoms with van der Waals surface area (Å²) in [6.07, 6.45) is 0. The number of carbonyl (C=O) groups is 1. The summed E-state index contributed by atoms with van der Waals surface area (Å²) in [5.74, 6) is 4.69. The van der Waals surface area contributed by atoms with E-state index in [9.17, 15) is 14.9 Å². The highest BCUT2D eigenvalue weighted by Gasteiger charge is 2.25. The van der Waals surface area contributed by atoms with Gasteiger partial charge >= 0.3 is 11.7 Å². The highest BCUT2D eigenvalue weighted by molar-refractivity contribution is 6.07. The number of aryl methyl sites for hydroxylation is 1. The Balaban J connectivity index is 2.36. The third-order valence-electron chi connectivity index (χ3n) is 2.37. The lowest BCUT2D eigenvalue weighted by Crippen LogP contribution is -2.16. The summed E-state index contributed by atoms with van der Waals surface area (Å²) in [4.78, 5) is 22.3. The minimum absolute atomic E-state index is 0.0179. The van der Waals surface area contributed by atoms with Gasteiger partial charge in [-0.25, -0.2) is 0 Å². The molecule has 0 aliphatic heterocycles. The van der Waals surface area contributed by atoms with Crippen LogP contribution in [-0.2, 0) is 0 Å². The van der Waals surface area contributed by atoms with E-state index in [1.165, 1.54) is 18.2 Å². The van der Waals surface area contributed by atoms with Crippen LogP contribution in [0.25, 0.3) is 0 Å². The first kappa shape index (κ1) is 13.4. The molecule has 10 nitrogen and oxygen atoms in total. The summed E-state index contributed by atoms with van der Waals surface area (Å²) in [5.41, 5.74) is 1.56. The van der Waals surface area contributed by atoms with Crippen LogP contribution in [-0.4, -0.2) is 21.0 Å². The Morgan fingerprint density at radius 3 is 2.75 bits per heavy atom. The second-order valence-corrected chi connectivity index (χ2v) is 3.68. The van der Waals surface area contributed by atoms with Crippen molar-refractivity contribution < 1.29 is 14.1 Å². The molecule has 2 aromatic rings. The highest BCUT2D eigenvalue weighted by atomic mass is 16.6. The molecule has 0 saturated heterocycles. The van der Waals surface area contributed by atoms with Crippen LogP contribution >= 0.6 is 0 Å². The molecule has 0 saturated carbocycles. The van der Waals surface area contributed by atoms with E-state index in [1.54, 1.807) is 6.92 Å². The molecule has 0 aliphatic carbocycles. The second kappa shape index (κ2) is 5.32. The molecule has 0 atom stereocenters. The van der Waals surface area contributed by atoms with Crippen molar-refractivity contribution >= 4 is 23.3 Å². The Morgan fingerprint density at radius 1 is 1.45 bits per heavy atom. The molecular formula is C10H10N6O4. The van der Waals surface area contributed by atoms with Crippen molar-refractivity contribution in [1.29, 1.82) is 0 Å². The number of amides is 1. The van der Waals surface area contributed by atoms with Gasteiger partial charge in [0.1, 0.15) is 11.3 Å². The third kappa shape index (κ3) is 2.54. The molecule has 1 aromatic heterocycles. The molecule has 10 heteroatoms.